The fraction of sp³-hybridized carbons (Fsp3) is 0.600. The molecule has 1 aliphatic rings. The van der Waals surface area contributed by atoms with Gasteiger partial charge in [-0.3, -0.25) is 0 Å². The molecule has 0 saturated carbocycles. The monoisotopic (exact) mass is 268 g/mol. The minimum atomic E-state index is -0.827. The highest BCUT2D eigenvalue weighted by atomic mass is 19.2. The van der Waals surface area contributed by atoms with E-state index < -0.39 is 11.6 Å². The quantitative estimate of drug-likeness (QED) is 0.912. The van der Waals surface area contributed by atoms with Crippen molar-refractivity contribution in [3.05, 3.63) is 35.4 Å². The molecule has 1 saturated heterocycles. The molecule has 2 N–H and O–H groups in total. The maximum Gasteiger partial charge on any atom is 0.159 e. The van der Waals surface area contributed by atoms with Crippen LogP contribution in [0.25, 0.3) is 0 Å². The van der Waals surface area contributed by atoms with Gasteiger partial charge >= 0.3 is 0 Å². The Labute approximate surface area is 113 Å². The molecule has 1 aromatic carbocycles. The van der Waals surface area contributed by atoms with Gasteiger partial charge in [0.15, 0.2) is 11.6 Å². The first-order valence-corrected chi connectivity index (χ1v) is 6.80. The van der Waals surface area contributed by atoms with E-state index in [1.54, 1.807) is 6.07 Å². The molecule has 1 aliphatic heterocycles. The first kappa shape index (κ1) is 14.4. The number of rotatable bonds is 3. The van der Waals surface area contributed by atoms with Crippen molar-refractivity contribution in [2.75, 3.05) is 19.6 Å². The third-order valence-electron chi connectivity index (χ3n) is 3.81. The van der Waals surface area contributed by atoms with Gasteiger partial charge in [0.1, 0.15) is 0 Å². The maximum atomic E-state index is 13.2. The average molecular weight is 268 g/mol. The predicted octanol–water partition coefficient (Wildman–Crippen LogP) is 3.09. The number of piperidine rings is 1. The van der Waals surface area contributed by atoms with Crippen molar-refractivity contribution in [3.8, 4) is 0 Å². The van der Waals surface area contributed by atoms with Crippen LogP contribution < -0.4 is 5.73 Å². The van der Waals surface area contributed by atoms with E-state index in [4.69, 9.17) is 5.73 Å². The molecule has 0 amide bonds. The molecule has 1 atom stereocenters. The van der Waals surface area contributed by atoms with Crippen molar-refractivity contribution in [2.24, 2.45) is 11.1 Å². The minimum absolute atomic E-state index is 0.274. The van der Waals surface area contributed by atoms with Crippen LogP contribution in [0, 0.1) is 17.0 Å². The van der Waals surface area contributed by atoms with Gasteiger partial charge in [-0.2, -0.15) is 0 Å². The number of benzene rings is 1. The summed E-state index contributed by atoms with van der Waals surface area (Å²) >= 11 is 0. The van der Waals surface area contributed by atoms with Crippen LogP contribution >= 0.6 is 0 Å². The zero-order chi connectivity index (χ0) is 14.0. The normalized spacial score (nSPS) is 21.3. The Bertz CT molecular complexity index is 446. The van der Waals surface area contributed by atoms with Gasteiger partial charge in [-0.05, 0) is 42.5 Å². The van der Waals surface area contributed by atoms with E-state index in [0.717, 1.165) is 25.6 Å². The van der Waals surface area contributed by atoms with Crippen LogP contribution in [0.2, 0.25) is 0 Å². The lowest BCUT2D eigenvalue weighted by Gasteiger charge is -2.39. The van der Waals surface area contributed by atoms with Crippen LogP contribution in [0.15, 0.2) is 18.2 Å². The Kier molecular flexibility index (Phi) is 4.21. The molecule has 106 valence electrons. The van der Waals surface area contributed by atoms with Crippen LogP contribution in [0.4, 0.5) is 8.78 Å². The largest absolute Gasteiger partial charge is 0.323 e. The summed E-state index contributed by atoms with van der Waals surface area (Å²) in [4.78, 5) is 2.31. The van der Waals surface area contributed by atoms with Crippen molar-refractivity contribution >= 4 is 0 Å². The maximum absolute atomic E-state index is 13.2. The highest BCUT2D eigenvalue weighted by Crippen LogP contribution is 2.29. The second-order valence-corrected chi connectivity index (χ2v) is 6.28. The molecule has 1 heterocycles. The standard InChI is InChI=1S/C15H22F2N2/c1-15(2)6-3-7-19(10-15)9-14(18)11-4-5-12(16)13(17)8-11/h4-5,8,14H,3,6-7,9-10,18H2,1-2H3. The van der Waals surface area contributed by atoms with Crippen LogP contribution in [-0.2, 0) is 0 Å². The first-order chi connectivity index (χ1) is 8.87. The summed E-state index contributed by atoms with van der Waals surface area (Å²) in [6.45, 7) is 7.23. The average Bonchev–Trinajstić information content (AvgIpc) is 2.31. The third-order valence-corrected chi connectivity index (χ3v) is 3.81. The summed E-state index contributed by atoms with van der Waals surface area (Å²) in [5, 5.41) is 0. The zero-order valence-electron chi connectivity index (χ0n) is 11.6. The topological polar surface area (TPSA) is 29.3 Å². The van der Waals surface area contributed by atoms with E-state index in [0.29, 0.717) is 17.5 Å². The van der Waals surface area contributed by atoms with Crippen LogP contribution in [0.3, 0.4) is 0 Å². The number of hydrogen-bond acceptors (Lipinski definition) is 2. The molecule has 0 aromatic heterocycles. The molecule has 2 nitrogen and oxygen atoms in total. The number of nitrogens with zero attached hydrogens (tertiary/aromatic N) is 1. The van der Waals surface area contributed by atoms with Crippen molar-refractivity contribution in [1.29, 1.82) is 0 Å². The Morgan fingerprint density at radius 2 is 2.05 bits per heavy atom. The summed E-state index contributed by atoms with van der Waals surface area (Å²) in [5.41, 5.74) is 7.07. The molecule has 19 heavy (non-hydrogen) atoms. The van der Waals surface area contributed by atoms with Crippen molar-refractivity contribution < 1.29 is 8.78 Å². The van der Waals surface area contributed by atoms with Gasteiger partial charge in [-0.25, -0.2) is 8.78 Å². The molecule has 0 radical (unpaired) electrons. The van der Waals surface area contributed by atoms with E-state index >= 15 is 0 Å². The van der Waals surface area contributed by atoms with Crippen molar-refractivity contribution in [2.45, 2.75) is 32.7 Å². The summed E-state index contributed by atoms with van der Waals surface area (Å²) in [7, 11) is 0. The molecule has 0 aliphatic carbocycles. The third kappa shape index (κ3) is 3.74. The number of hydrogen-bond donors (Lipinski definition) is 1. The SMILES string of the molecule is CC1(C)CCCN(CC(N)c2ccc(F)c(F)c2)C1. The van der Waals surface area contributed by atoms with Crippen molar-refractivity contribution in [1.82, 2.24) is 4.90 Å². The summed E-state index contributed by atoms with van der Waals surface area (Å²) in [6, 6.07) is 3.64. The van der Waals surface area contributed by atoms with Gasteiger partial charge in [0.25, 0.3) is 0 Å². The first-order valence-electron chi connectivity index (χ1n) is 6.80. The Morgan fingerprint density at radius 3 is 2.68 bits per heavy atom. The Hall–Kier alpha value is -1.00. The summed E-state index contributed by atoms with van der Waals surface area (Å²) in [6.07, 6.45) is 2.39. The second kappa shape index (κ2) is 5.55. The van der Waals surface area contributed by atoms with Gasteiger partial charge in [-0.1, -0.05) is 19.9 Å². The number of nitrogens with two attached hydrogens (primary N) is 1. The fourth-order valence-electron chi connectivity index (χ4n) is 2.83. The second-order valence-electron chi connectivity index (χ2n) is 6.28. The lowest BCUT2D eigenvalue weighted by molar-refractivity contribution is 0.112. The molecule has 1 unspecified atom stereocenters. The smallest absolute Gasteiger partial charge is 0.159 e. The van der Waals surface area contributed by atoms with E-state index in [9.17, 15) is 8.78 Å². The molecular weight excluding hydrogens is 246 g/mol. The Morgan fingerprint density at radius 1 is 1.32 bits per heavy atom. The fourth-order valence-corrected chi connectivity index (χ4v) is 2.83. The molecule has 2 rings (SSSR count). The Balaban J connectivity index is 2.00. The highest BCUT2D eigenvalue weighted by molar-refractivity contribution is 5.21. The molecule has 4 heteroatoms. The molecule has 1 fully saturated rings. The predicted molar refractivity (Wildman–Crippen MR) is 72.7 cm³/mol. The molecule has 0 spiro atoms. The van der Waals surface area contributed by atoms with Gasteiger partial charge in [0.2, 0.25) is 0 Å². The van der Waals surface area contributed by atoms with Crippen molar-refractivity contribution in [3.63, 3.8) is 0 Å². The van der Waals surface area contributed by atoms with Gasteiger partial charge < -0.3 is 10.6 Å². The summed E-state index contributed by atoms with van der Waals surface area (Å²) < 4.78 is 26.1. The molecule has 0 bridgehead atoms. The van der Waals surface area contributed by atoms with E-state index in [-0.39, 0.29) is 6.04 Å². The molecule has 1 aromatic rings. The van der Waals surface area contributed by atoms with E-state index in [1.807, 2.05) is 0 Å². The lowest BCUT2D eigenvalue weighted by Crippen LogP contribution is -2.43. The van der Waals surface area contributed by atoms with Gasteiger partial charge in [0.05, 0.1) is 0 Å². The zero-order valence-corrected chi connectivity index (χ0v) is 11.6. The summed E-state index contributed by atoms with van der Waals surface area (Å²) in [5.74, 6) is -1.65. The van der Waals surface area contributed by atoms with E-state index in [1.165, 1.54) is 12.5 Å². The lowest BCUT2D eigenvalue weighted by atomic mass is 9.84. The number of likely N-dealkylation sites (tertiary alicyclic amines) is 1. The van der Waals surface area contributed by atoms with Gasteiger partial charge in [0, 0.05) is 19.1 Å². The van der Waals surface area contributed by atoms with Crippen LogP contribution in [0.5, 0.6) is 0 Å². The molecular formula is C15H22F2N2. The van der Waals surface area contributed by atoms with E-state index in [2.05, 4.69) is 18.7 Å². The minimum Gasteiger partial charge on any atom is -0.323 e. The number of halogens is 2. The van der Waals surface area contributed by atoms with Crippen LogP contribution in [-0.4, -0.2) is 24.5 Å². The highest BCUT2D eigenvalue weighted by Gasteiger charge is 2.27. The van der Waals surface area contributed by atoms with Gasteiger partial charge in [-0.15, -0.1) is 0 Å². The van der Waals surface area contributed by atoms with Crippen LogP contribution in [0.1, 0.15) is 38.3 Å².